The third-order valence-corrected chi connectivity index (χ3v) is 5.55. The summed E-state index contributed by atoms with van der Waals surface area (Å²) >= 11 is 0.106. The normalized spacial score (nSPS) is 9.07. The van der Waals surface area contributed by atoms with Crippen molar-refractivity contribution in [3.63, 3.8) is 0 Å². The maximum absolute atomic E-state index is 9.87. The standard InChI is InChI=1S/C8H6N2O3Se2/c11-3-9-5-14-7-1-2-13-8(7)15-6-10-4-12/h1-2H,5-6H2. The number of nitrogens with zero attached hydrogens (tertiary/aromatic N) is 2. The Morgan fingerprint density at radius 2 is 1.87 bits per heavy atom. The molecule has 1 aromatic heterocycles. The summed E-state index contributed by atoms with van der Waals surface area (Å²) < 4.78 is 7.19. The zero-order chi connectivity index (χ0) is 10.9. The van der Waals surface area contributed by atoms with E-state index in [1.54, 1.807) is 6.26 Å². The Morgan fingerprint density at radius 3 is 2.53 bits per heavy atom. The van der Waals surface area contributed by atoms with E-state index in [-0.39, 0.29) is 29.9 Å². The third kappa shape index (κ3) is 4.41. The molecule has 0 atom stereocenters. The minimum absolute atomic E-state index is 0.0168. The Bertz CT molecular complexity index is 369. The first-order valence-electron chi connectivity index (χ1n) is 3.79. The Balaban J connectivity index is 2.52. The Kier molecular flexibility index (Phi) is 5.98. The van der Waals surface area contributed by atoms with Gasteiger partial charge in [0, 0.05) is 0 Å². The average molecular weight is 336 g/mol. The van der Waals surface area contributed by atoms with Crippen molar-refractivity contribution in [2.24, 2.45) is 9.98 Å². The van der Waals surface area contributed by atoms with Crippen LogP contribution in [0.15, 0.2) is 26.7 Å². The number of aliphatic imine (C=N–C) groups is 2. The summed E-state index contributed by atoms with van der Waals surface area (Å²) in [6.45, 7) is 0. The molecule has 1 aromatic rings. The predicted octanol–water partition coefficient (Wildman–Crippen LogP) is -1.47. The van der Waals surface area contributed by atoms with E-state index >= 15 is 0 Å². The van der Waals surface area contributed by atoms with Gasteiger partial charge in [-0.15, -0.1) is 0 Å². The molecule has 0 saturated heterocycles. The minimum atomic E-state index is 0.0168. The van der Waals surface area contributed by atoms with Crippen LogP contribution in [0.25, 0.3) is 0 Å². The summed E-state index contributed by atoms with van der Waals surface area (Å²) in [5, 5.41) is 0. The van der Waals surface area contributed by atoms with Crippen molar-refractivity contribution in [3.8, 4) is 0 Å². The molecule has 1 rings (SSSR count). The van der Waals surface area contributed by atoms with Gasteiger partial charge in [-0.2, -0.15) is 0 Å². The van der Waals surface area contributed by atoms with Gasteiger partial charge in [-0.3, -0.25) is 0 Å². The van der Waals surface area contributed by atoms with Crippen LogP contribution in [0.2, 0.25) is 0 Å². The Hall–Kier alpha value is -0.921. The van der Waals surface area contributed by atoms with Gasteiger partial charge in [-0.1, -0.05) is 0 Å². The molecule has 0 radical (unpaired) electrons. The van der Waals surface area contributed by atoms with Crippen LogP contribution >= 0.6 is 0 Å². The fourth-order valence-corrected chi connectivity index (χ4v) is 4.42. The molecular formula is C8H6N2O3Se2. The number of rotatable bonds is 6. The summed E-state index contributed by atoms with van der Waals surface area (Å²) in [6.07, 6.45) is 4.58. The molecule has 1 heterocycles. The van der Waals surface area contributed by atoms with E-state index in [0.717, 1.165) is 9.12 Å². The van der Waals surface area contributed by atoms with Gasteiger partial charge < -0.3 is 0 Å². The third-order valence-electron chi connectivity index (χ3n) is 1.27. The monoisotopic (exact) mass is 338 g/mol. The number of carbonyl (C=O) groups excluding carboxylic acids is 2. The van der Waals surface area contributed by atoms with E-state index in [2.05, 4.69) is 9.98 Å². The average Bonchev–Trinajstić information content (AvgIpc) is 2.67. The summed E-state index contributed by atoms with van der Waals surface area (Å²) in [5.74, 6) is 0. The molecule has 0 saturated carbocycles. The van der Waals surface area contributed by atoms with Crippen molar-refractivity contribution in [2.75, 3.05) is 10.9 Å². The van der Waals surface area contributed by atoms with Crippen molar-refractivity contribution in [1.29, 1.82) is 0 Å². The van der Waals surface area contributed by atoms with Crippen molar-refractivity contribution in [1.82, 2.24) is 0 Å². The van der Waals surface area contributed by atoms with Crippen LogP contribution < -0.4 is 9.12 Å². The number of furan rings is 1. The molecule has 0 aliphatic carbocycles. The van der Waals surface area contributed by atoms with Gasteiger partial charge in [0.25, 0.3) is 0 Å². The van der Waals surface area contributed by atoms with E-state index < -0.39 is 0 Å². The van der Waals surface area contributed by atoms with Crippen LogP contribution in [0.4, 0.5) is 0 Å². The summed E-state index contributed by atoms with van der Waals surface area (Å²) in [4.78, 5) is 26.7. The quantitative estimate of drug-likeness (QED) is 0.362. The van der Waals surface area contributed by atoms with Crippen molar-refractivity contribution >= 4 is 51.2 Å². The Morgan fingerprint density at radius 1 is 1.20 bits per heavy atom. The first-order valence-corrected chi connectivity index (χ1v) is 7.92. The van der Waals surface area contributed by atoms with Crippen molar-refractivity contribution in [3.05, 3.63) is 12.3 Å². The van der Waals surface area contributed by atoms with Crippen molar-refractivity contribution < 1.29 is 14.0 Å². The maximum atomic E-state index is 9.87. The number of isocyanates is 2. The van der Waals surface area contributed by atoms with Gasteiger partial charge >= 0.3 is 98.4 Å². The fourth-order valence-electron chi connectivity index (χ4n) is 0.741. The molecule has 78 valence electrons. The summed E-state index contributed by atoms with van der Waals surface area (Å²) in [5.41, 5.74) is 0.903. The fraction of sp³-hybridized carbons (Fsp3) is 0.250. The molecule has 5 nitrogen and oxygen atoms in total. The first kappa shape index (κ1) is 12.1. The molecule has 7 heteroatoms. The zero-order valence-electron chi connectivity index (χ0n) is 7.50. The van der Waals surface area contributed by atoms with Gasteiger partial charge in [0.15, 0.2) is 0 Å². The molecule has 0 fully saturated rings. The van der Waals surface area contributed by atoms with Crippen LogP contribution in [-0.4, -0.2) is 53.0 Å². The molecule has 0 N–H and O–H groups in total. The molecule has 15 heavy (non-hydrogen) atoms. The molecular weight excluding hydrogens is 330 g/mol. The van der Waals surface area contributed by atoms with Gasteiger partial charge in [0.2, 0.25) is 0 Å². The van der Waals surface area contributed by atoms with E-state index in [1.807, 2.05) is 6.07 Å². The van der Waals surface area contributed by atoms with Crippen LogP contribution in [0, 0.1) is 0 Å². The molecule has 0 aliphatic rings. The van der Waals surface area contributed by atoms with E-state index in [9.17, 15) is 9.59 Å². The first-order chi connectivity index (χ1) is 7.38. The molecule has 0 aliphatic heterocycles. The molecule has 0 spiro atoms. The summed E-state index contributed by atoms with van der Waals surface area (Å²) in [7, 11) is 0. The Labute approximate surface area is 98.4 Å². The van der Waals surface area contributed by atoms with E-state index in [0.29, 0.717) is 10.9 Å². The van der Waals surface area contributed by atoms with Gasteiger partial charge in [-0.05, 0) is 0 Å². The zero-order valence-corrected chi connectivity index (χ0v) is 10.9. The van der Waals surface area contributed by atoms with Gasteiger partial charge in [0.05, 0.1) is 0 Å². The second kappa shape index (κ2) is 7.38. The predicted molar refractivity (Wildman–Crippen MR) is 55.5 cm³/mol. The SMILES string of the molecule is O=C=NC[Se]c1ccoc1[Se]CN=C=O. The summed E-state index contributed by atoms with van der Waals surface area (Å²) in [6, 6.07) is 1.86. The molecule has 0 bridgehead atoms. The second-order valence-corrected chi connectivity index (χ2v) is 6.11. The number of hydrogen-bond acceptors (Lipinski definition) is 5. The van der Waals surface area contributed by atoms with Crippen molar-refractivity contribution in [2.45, 2.75) is 0 Å². The van der Waals surface area contributed by atoms with Gasteiger partial charge in [-0.25, -0.2) is 0 Å². The molecule has 0 aromatic carbocycles. The van der Waals surface area contributed by atoms with E-state index in [4.69, 9.17) is 4.42 Å². The molecule has 0 amide bonds. The number of hydrogen-bond donors (Lipinski definition) is 0. The van der Waals surface area contributed by atoms with Crippen LogP contribution in [0.3, 0.4) is 0 Å². The second-order valence-electron chi connectivity index (χ2n) is 2.12. The van der Waals surface area contributed by atoms with Crippen LogP contribution in [0.5, 0.6) is 0 Å². The topological polar surface area (TPSA) is 72.0 Å². The van der Waals surface area contributed by atoms with Gasteiger partial charge in [0.1, 0.15) is 0 Å². The van der Waals surface area contributed by atoms with Crippen LogP contribution in [-0.2, 0) is 9.59 Å². The van der Waals surface area contributed by atoms with E-state index in [1.165, 1.54) is 12.2 Å². The molecule has 0 unspecified atom stereocenters. The van der Waals surface area contributed by atoms with Crippen LogP contribution in [0.1, 0.15) is 0 Å².